The molecule has 1 aliphatic rings. The summed E-state index contributed by atoms with van der Waals surface area (Å²) in [4.78, 5) is 4.18. The number of rotatable bonds is 10. The largest absolute Gasteiger partial charge is 0.394 e. The topological polar surface area (TPSA) is 114 Å². The number of hydrogen-bond acceptors (Lipinski definition) is 6. The first-order chi connectivity index (χ1) is 17.0. The minimum absolute atomic E-state index is 0.0881. The van der Waals surface area contributed by atoms with Crippen molar-refractivity contribution >= 4 is 6.08 Å². The van der Waals surface area contributed by atoms with Crippen molar-refractivity contribution in [2.75, 3.05) is 13.2 Å². The Morgan fingerprint density at radius 1 is 1.09 bits per heavy atom. The molecule has 35 heavy (non-hydrogen) atoms. The first-order valence-corrected chi connectivity index (χ1v) is 12.0. The quantitative estimate of drug-likeness (QED) is 0.359. The monoisotopic (exact) mass is 472 g/mol. The van der Waals surface area contributed by atoms with Crippen LogP contribution in [0.2, 0.25) is 0 Å². The Morgan fingerprint density at radius 2 is 1.74 bits per heavy atom. The summed E-state index contributed by atoms with van der Waals surface area (Å²) in [5.41, 5.74) is 4.60. The molecule has 7 nitrogen and oxygen atoms in total. The van der Waals surface area contributed by atoms with E-state index in [1.54, 1.807) is 23.9 Å². The highest BCUT2D eigenvalue weighted by Gasteiger charge is 2.31. The highest BCUT2D eigenvalue weighted by atomic mass is 16.3. The molecular formula is C28H32N4O3. The minimum Gasteiger partial charge on any atom is -0.394 e. The van der Waals surface area contributed by atoms with Gasteiger partial charge in [-0.25, -0.2) is 4.98 Å². The van der Waals surface area contributed by atoms with Crippen molar-refractivity contribution < 1.29 is 15.3 Å². The van der Waals surface area contributed by atoms with Gasteiger partial charge in [-0.15, -0.1) is 0 Å². The van der Waals surface area contributed by atoms with Crippen LogP contribution in [0.5, 0.6) is 0 Å². The molecule has 0 aliphatic heterocycles. The summed E-state index contributed by atoms with van der Waals surface area (Å²) in [5.74, 6) is 1.01. The third kappa shape index (κ3) is 5.87. The third-order valence-electron chi connectivity index (χ3n) is 6.67. The van der Waals surface area contributed by atoms with E-state index >= 15 is 0 Å². The van der Waals surface area contributed by atoms with Gasteiger partial charge in [-0.2, -0.15) is 5.26 Å². The Kier molecular flexibility index (Phi) is 8.11. The Balaban J connectivity index is 1.36. The van der Waals surface area contributed by atoms with Crippen LogP contribution in [0.25, 0.3) is 17.2 Å². The maximum Gasteiger partial charge on any atom is 0.137 e. The van der Waals surface area contributed by atoms with E-state index in [1.807, 2.05) is 24.3 Å². The molecule has 1 heterocycles. The average Bonchev–Trinajstić information content (AvgIpc) is 3.35. The summed E-state index contributed by atoms with van der Waals surface area (Å²) in [6.07, 6.45) is 8.52. The van der Waals surface area contributed by atoms with Gasteiger partial charge in [0.15, 0.2) is 0 Å². The summed E-state index contributed by atoms with van der Waals surface area (Å²) < 4.78 is 1.78. The lowest BCUT2D eigenvalue weighted by Gasteiger charge is -2.37. The summed E-state index contributed by atoms with van der Waals surface area (Å²) >= 11 is 0. The summed E-state index contributed by atoms with van der Waals surface area (Å²) in [7, 11) is 0. The van der Waals surface area contributed by atoms with Crippen LogP contribution >= 0.6 is 0 Å². The Hall–Kier alpha value is -3.28. The first-order valence-electron chi connectivity index (χ1n) is 12.0. The zero-order valence-corrected chi connectivity index (χ0v) is 19.8. The predicted molar refractivity (Wildman–Crippen MR) is 135 cm³/mol. The van der Waals surface area contributed by atoms with Crippen LogP contribution in [0.3, 0.4) is 0 Å². The molecule has 1 aliphatic carbocycles. The summed E-state index contributed by atoms with van der Waals surface area (Å²) in [5, 5.41) is 41.0. The van der Waals surface area contributed by atoms with Gasteiger partial charge in [0.1, 0.15) is 18.0 Å². The lowest BCUT2D eigenvalue weighted by molar-refractivity contribution is 0.175. The van der Waals surface area contributed by atoms with Gasteiger partial charge in [0.05, 0.1) is 25.3 Å². The molecule has 0 amide bonds. The molecule has 7 heteroatoms. The van der Waals surface area contributed by atoms with Gasteiger partial charge in [0, 0.05) is 18.4 Å². The third-order valence-corrected chi connectivity index (χ3v) is 6.67. The lowest BCUT2D eigenvalue weighted by Crippen LogP contribution is -2.46. The van der Waals surface area contributed by atoms with E-state index in [1.165, 1.54) is 5.56 Å². The fraction of sp³-hybridized carbons (Fsp3) is 0.357. The van der Waals surface area contributed by atoms with Crippen LogP contribution in [0.4, 0.5) is 0 Å². The number of imidazole rings is 1. The van der Waals surface area contributed by atoms with Gasteiger partial charge >= 0.3 is 0 Å². The van der Waals surface area contributed by atoms with Crippen molar-refractivity contribution in [3.8, 4) is 17.2 Å². The van der Waals surface area contributed by atoms with Gasteiger partial charge in [-0.1, -0.05) is 60.7 Å². The average molecular weight is 473 g/mol. The predicted octanol–water partition coefficient (Wildman–Crippen LogP) is 3.57. The number of aliphatic hydroxyl groups excluding tert-OH is 3. The molecule has 2 aromatic carbocycles. The molecule has 0 bridgehead atoms. The van der Waals surface area contributed by atoms with Crippen LogP contribution in [-0.2, 0) is 0 Å². The van der Waals surface area contributed by atoms with Crippen molar-refractivity contribution in [1.82, 2.24) is 14.9 Å². The smallest absolute Gasteiger partial charge is 0.137 e. The first kappa shape index (κ1) is 24.8. The molecule has 4 N–H and O–H groups in total. The molecule has 0 saturated heterocycles. The van der Waals surface area contributed by atoms with E-state index in [-0.39, 0.29) is 25.3 Å². The van der Waals surface area contributed by atoms with Gasteiger partial charge in [-0.05, 0) is 47.9 Å². The molecule has 4 rings (SSSR count). The molecule has 1 saturated carbocycles. The highest BCUT2D eigenvalue weighted by Crippen LogP contribution is 2.37. The molecule has 3 aromatic rings. The molecule has 1 aromatic heterocycles. The van der Waals surface area contributed by atoms with E-state index < -0.39 is 12.1 Å². The van der Waals surface area contributed by atoms with Crippen LogP contribution < -0.4 is 5.32 Å². The SMILES string of the molecule is C[C@H](O)c1nccn1[C@@H](/C=C/c1ccc(-c2ccc(C3CC(NC(C#N)CO)C3)cc2)cc1)CO. The molecule has 0 spiro atoms. The Morgan fingerprint density at radius 3 is 2.31 bits per heavy atom. The number of nitrogens with zero attached hydrogens (tertiary/aromatic N) is 3. The molecule has 1 unspecified atom stereocenters. The van der Waals surface area contributed by atoms with E-state index in [0.717, 1.165) is 29.5 Å². The molecule has 3 atom stereocenters. The van der Waals surface area contributed by atoms with Crippen LogP contribution in [0.15, 0.2) is 67.0 Å². The maximum absolute atomic E-state index is 9.88. The van der Waals surface area contributed by atoms with Gasteiger partial charge < -0.3 is 19.9 Å². The number of aliphatic hydroxyl groups is 3. The van der Waals surface area contributed by atoms with E-state index in [2.05, 4.69) is 52.8 Å². The van der Waals surface area contributed by atoms with Crippen molar-refractivity contribution in [2.24, 2.45) is 0 Å². The van der Waals surface area contributed by atoms with Crippen molar-refractivity contribution in [3.63, 3.8) is 0 Å². The second-order valence-electron chi connectivity index (χ2n) is 9.12. The van der Waals surface area contributed by atoms with Crippen molar-refractivity contribution in [1.29, 1.82) is 5.26 Å². The normalized spacial score (nSPS) is 20.2. The van der Waals surface area contributed by atoms with E-state index in [0.29, 0.717) is 11.7 Å². The lowest BCUT2D eigenvalue weighted by atomic mass is 9.75. The Labute approximate surface area is 206 Å². The van der Waals surface area contributed by atoms with Crippen LogP contribution in [0.1, 0.15) is 54.8 Å². The zero-order chi connectivity index (χ0) is 24.8. The van der Waals surface area contributed by atoms with Gasteiger partial charge in [0.25, 0.3) is 0 Å². The van der Waals surface area contributed by atoms with E-state index in [9.17, 15) is 10.2 Å². The summed E-state index contributed by atoms with van der Waals surface area (Å²) in [6.45, 7) is 1.42. The summed E-state index contributed by atoms with van der Waals surface area (Å²) in [6, 6.07) is 18.5. The number of nitriles is 1. The fourth-order valence-electron chi connectivity index (χ4n) is 4.57. The second kappa shape index (κ2) is 11.4. The van der Waals surface area contributed by atoms with Gasteiger partial charge in [-0.3, -0.25) is 5.32 Å². The molecule has 1 fully saturated rings. The fourth-order valence-corrected chi connectivity index (χ4v) is 4.57. The Bertz CT molecular complexity index is 1160. The van der Waals surface area contributed by atoms with Gasteiger partial charge in [0.2, 0.25) is 0 Å². The molecule has 0 radical (unpaired) electrons. The standard InChI is InChI=1S/C28H32N4O3/c1-19(35)28-30-12-13-32(28)27(18-34)11-4-20-2-5-21(6-3-20)22-7-9-23(10-8-22)24-14-25(15-24)31-26(16-29)17-33/h2-13,19,24-27,31,33-35H,14-15,17-18H2,1H3/b11-4+/t19-,24?,25?,26?,27-/m0/s1. The number of aromatic nitrogens is 2. The zero-order valence-electron chi connectivity index (χ0n) is 19.8. The maximum atomic E-state index is 9.88. The minimum atomic E-state index is -0.706. The second-order valence-corrected chi connectivity index (χ2v) is 9.12. The molecular weight excluding hydrogens is 440 g/mol. The number of nitrogens with one attached hydrogen (secondary N) is 1. The highest BCUT2D eigenvalue weighted by molar-refractivity contribution is 5.66. The van der Waals surface area contributed by atoms with Crippen LogP contribution in [-0.4, -0.2) is 50.2 Å². The van der Waals surface area contributed by atoms with Crippen molar-refractivity contribution in [2.45, 2.75) is 49.9 Å². The van der Waals surface area contributed by atoms with Crippen molar-refractivity contribution in [3.05, 3.63) is 84.0 Å². The molecule has 182 valence electrons. The number of benzene rings is 2. The number of hydrogen-bond donors (Lipinski definition) is 4. The van der Waals surface area contributed by atoms with Crippen LogP contribution in [0, 0.1) is 11.3 Å². The van der Waals surface area contributed by atoms with E-state index in [4.69, 9.17) is 10.4 Å².